The highest BCUT2D eigenvalue weighted by molar-refractivity contribution is 7.89. The van der Waals surface area contributed by atoms with Gasteiger partial charge in [-0.25, -0.2) is 17.5 Å². The van der Waals surface area contributed by atoms with Crippen molar-refractivity contribution in [3.63, 3.8) is 0 Å². The number of halogens is 1. The van der Waals surface area contributed by atoms with Crippen LogP contribution in [0.1, 0.15) is 10.4 Å². The molecule has 0 saturated carbocycles. The number of nitrogens with one attached hydrogen (secondary N) is 2. The lowest BCUT2D eigenvalue weighted by Gasteiger charge is -2.14. The van der Waals surface area contributed by atoms with E-state index in [1.165, 1.54) is 44.4 Å². The molecule has 1 aromatic heterocycles. The van der Waals surface area contributed by atoms with Crippen molar-refractivity contribution in [3.05, 3.63) is 57.5 Å². The standard InChI is InChI=1S/C16H14ClN3O5S/c1-20(2)26(23,24)14-7-9(3-5-11(14)17)15(21)18-10-4-6-13-12(8-10)19-16(22)25-13/h3-8H,1-2H3,(H,18,21)(H,19,22). The number of benzene rings is 2. The average molecular weight is 396 g/mol. The van der Waals surface area contributed by atoms with Gasteiger partial charge in [0.1, 0.15) is 4.90 Å². The summed E-state index contributed by atoms with van der Waals surface area (Å²) < 4.78 is 30.5. The number of anilines is 1. The second-order valence-electron chi connectivity index (χ2n) is 5.61. The molecule has 8 nitrogen and oxygen atoms in total. The number of rotatable bonds is 4. The Morgan fingerprint density at radius 1 is 1.19 bits per heavy atom. The summed E-state index contributed by atoms with van der Waals surface area (Å²) in [5.41, 5.74) is 1.32. The van der Waals surface area contributed by atoms with E-state index in [0.717, 1.165) is 4.31 Å². The first kappa shape index (κ1) is 18.2. The minimum atomic E-state index is -3.79. The lowest BCUT2D eigenvalue weighted by molar-refractivity contribution is 0.102. The van der Waals surface area contributed by atoms with Crippen molar-refractivity contribution < 1.29 is 17.6 Å². The van der Waals surface area contributed by atoms with Gasteiger partial charge in [-0.15, -0.1) is 0 Å². The first-order valence-electron chi connectivity index (χ1n) is 7.35. The molecule has 0 saturated heterocycles. The molecule has 26 heavy (non-hydrogen) atoms. The molecule has 136 valence electrons. The van der Waals surface area contributed by atoms with Crippen LogP contribution in [-0.4, -0.2) is 37.7 Å². The van der Waals surface area contributed by atoms with Crippen molar-refractivity contribution in [1.29, 1.82) is 0 Å². The number of H-pyrrole nitrogens is 1. The maximum absolute atomic E-state index is 12.5. The van der Waals surface area contributed by atoms with E-state index < -0.39 is 21.7 Å². The Labute approximate surface area is 153 Å². The molecule has 2 aromatic carbocycles. The molecule has 0 aliphatic carbocycles. The van der Waals surface area contributed by atoms with E-state index in [0.29, 0.717) is 16.8 Å². The van der Waals surface area contributed by atoms with Crippen LogP contribution in [0.5, 0.6) is 0 Å². The number of carbonyl (C=O) groups is 1. The largest absolute Gasteiger partial charge is 0.417 e. The number of nitrogens with zero attached hydrogens (tertiary/aromatic N) is 1. The summed E-state index contributed by atoms with van der Waals surface area (Å²) in [5, 5.41) is 2.65. The summed E-state index contributed by atoms with van der Waals surface area (Å²) >= 11 is 5.98. The highest BCUT2D eigenvalue weighted by Crippen LogP contribution is 2.25. The summed E-state index contributed by atoms with van der Waals surface area (Å²) in [4.78, 5) is 26.0. The number of aromatic amines is 1. The molecule has 0 spiro atoms. The van der Waals surface area contributed by atoms with Gasteiger partial charge in [0.15, 0.2) is 5.58 Å². The fraction of sp³-hybridized carbons (Fsp3) is 0.125. The minimum absolute atomic E-state index is 0.0210. The molecule has 1 heterocycles. The predicted molar refractivity (Wildman–Crippen MR) is 97.1 cm³/mol. The smallest absolute Gasteiger partial charge is 0.408 e. The highest BCUT2D eigenvalue weighted by Gasteiger charge is 2.22. The highest BCUT2D eigenvalue weighted by atomic mass is 35.5. The summed E-state index contributed by atoms with van der Waals surface area (Å²) in [5.74, 6) is -1.12. The summed E-state index contributed by atoms with van der Waals surface area (Å²) in [7, 11) is -1.04. The molecule has 0 aliphatic heterocycles. The monoisotopic (exact) mass is 395 g/mol. The van der Waals surface area contributed by atoms with Crippen LogP contribution in [0.15, 0.2) is 50.5 Å². The second-order valence-corrected chi connectivity index (χ2v) is 8.14. The Hall–Kier alpha value is -2.62. The van der Waals surface area contributed by atoms with E-state index in [-0.39, 0.29) is 15.5 Å². The van der Waals surface area contributed by atoms with Gasteiger partial charge < -0.3 is 9.73 Å². The number of sulfonamides is 1. The number of amides is 1. The van der Waals surface area contributed by atoms with Crippen LogP contribution in [0.3, 0.4) is 0 Å². The number of hydrogen-bond acceptors (Lipinski definition) is 5. The molecule has 0 bridgehead atoms. The molecule has 0 fully saturated rings. The molecule has 0 radical (unpaired) electrons. The third-order valence-electron chi connectivity index (χ3n) is 3.63. The number of oxazole rings is 1. The van der Waals surface area contributed by atoms with Gasteiger partial charge in [0.2, 0.25) is 10.0 Å². The Kier molecular flexibility index (Phi) is 4.61. The topological polar surface area (TPSA) is 112 Å². The van der Waals surface area contributed by atoms with Crippen LogP contribution >= 0.6 is 11.6 Å². The summed E-state index contributed by atoms with van der Waals surface area (Å²) in [6.07, 6.45) is 0. The van der Waals surface area contributed by atoms with E-state index in [9.17, 15) is 18.0 Å². The molecule has 1 amide bonds. The van der Waals surface area contributed by atoms with Crippen molar-refractivity contribution >= 4 is 44.3 Å². The molecule has 10 heteroatoms. The molecular formula is C16H14ClN3O5S. The number of carbonyl (C=O) groups excluding carboxylic acids is 1. The molecule has 0 atom stereocenters. The van der Waals surface area contributed by atoms with Crippen molar-refractivity contribution in [1.82, 2.24) is 9.29 Å². The van der Waals surface area contributed by atoms with Crippen molar-refractivity contribution in [3.8, 4) is 0 Å². The minimum Gasteiger partial charge on any atom is -0.408 e. The van der Waals surface area contributed by atoms with Crippen LogP contribution in [0, 0.1) is 0 Å². The van der Waals surface area contributed by atoms with Gasteiger partial charge in [-0.1, -0.05) is 11.6 Å². The van der Waals surface area contributed by atoms with Crippen molar-refractivity contribution in [2.45, 2.75) is 4.90 Å². The predicted octanol–water partition coefficient (Wildman–Crippen LogP) is 2.28. The Balaban J connectivity index is 1.93. The van der Waals surface area contributed by atoms with E-state index >= 15 is 0 Å². The zero-order valence-corrected chi connectivity index (χ0v) is 15.3. The quantitative estimate of drug-likeness (QED) is 0.703. The Morgan fingerprint density at radius 2 is 1.92 bits per heavy atom. The van der Waals surface area contributed by atoms with Crippen LogP contribution in [0.2, 0.25) is 5.02 Å². The van der Waals surface area contributed by atoms with Crippen molar-refractivity contribution in [2.75, 3.05) is 19.4 Å². The van der Waals surface area contributed by atoms with Gasteiger partial charge in [-0.05, 0) is 36.4 Å². The second kappa shape index (κ2) is 6.60. The SMILES string of the molecule is CN(C)S(=O)(=O)c1cc(C(=O)Nc2ccc3oc(=O)[nH]c3c2)ccc1Cl. The summed E-state index contributed by atoms with van der Waals surface area (Å²) in [6, 6.07) is 8.61. The number of hydrogen-bond donors (Lipinski definition) is 2. The average Bonchev–Trinajstić information content (AvgIpc) is 2.94. The zero-order chi connectivity index (χ0) is 19.1. The lowest BCUT2D eigenvalue weighted by Crippen LogP contribution is -2.23. The van der Waals surface area contributed by atoms with Gasteiger partial charge >= 0.3 is 5.76 Å². The first-order valence-corrected chi connectivity index (χ1v) is 9.16. The molecule has 0 unspecified atom stereocenters. The van der Waals surface area contributed by atoms with Gasteiger partial charge in [0, 0.05) is 25.3 Å². The van der Waals surface area contributed by atoms with Gasteiger partial charge in [0.05, 0.1) is 10.5 Å². The first-order chi connectivity index (χ1) is 12.2. The van der Waals surface area contributed by atoms with E-state index in [4.69, 9.17) is 16.0 Å². The Bertz CT molecular complexity index is 1160. The van der Waals surface area contributed by atoms with Crippen LogP contribution in [-0.2, 0) is 10.0 Å². The number of fused-ring (bicyclic) bond motifs is 1. The van der Waals surface area contributed by atoms with Crippen molar-refractivity contribution in [2.24, 2.45) is 0 Å². The van der Waals surface area contributed by atoms with E-state index in [1.54, 1.807) is 6.07 Å². The normalized spacial score (nSPS) is 11.8. The van der Waals surface area contributed by atoms with E-state index in [2.05, 4.69) is 10.3 Å². The maximum Gasteiger partial charge on any atom is 0.417 e. The van der Waals surface area contributed by atoms with E-state index in [1.807, 2.05) is 0 Å². The molecule has 0 aliphatic rings. The fourth-order valence-electron chi connectivity index (χ4n) is 2.27. The third-order valence-corrected chi connectivity index (χ3v) is 5.93. The zero-order valence-electron chi connectivity index (χ0n) is 13.7. The summed E-state index contributed by atoms with van der Waals surface area (Å²) in [6.45, 7) is 0. The Morgan fingerprint density at radius 3 is 2.62 bits per heavy atom. The van der Waals surface area contributed by atoms with Crippen LogP contribution < -0.4 is 11.1 Å². The fourth-order valence-corrected chi connectivity index (χ4v) is 3.67. The molecule has 3 aromatic rings. The van der Waals surface area contributed by atoms with Crippen LogP contribution in [0.4, 0.5) is 5.69 Å². The maximum atomic E-state index is 12.5. The van der Waals surface area contributed by atoms with Crippen LogP contribution in [0.25, 0.3) is 11.1 Å². The molecular weight excluding hydrogens is 382 g/mol. The van der Waals surface area contributed by atoms with Gasteiger partial charge in [-0.3, -0.25) is 9.78 Å². The molecule has 2 N–H and O–H groups in total. The number of aromatic nitrogens is 1. The third kappa shape index (κ3) is 3.36. The lowest BCUT2D eigenvalue weighted by atomic mass is 10.2. The van der Waals surface area contributed by atoms with Gasteiger partial charge in [-0.2, -0.15) is 0 Å². The van der Waals surface area contributed by atoms with Gasteiger partial charge in [0.25, 0.3) is 5.91 Å². The molecule has 3 rings (SSSR count).